The van der Waals surface area contributed by atoms with Gasteiger partial charge in [0.25, 0.3) is 0 Å². The lowest BCUT2D eigenvalue weighted by Gasteiger charge is -1.96. The summed E-state index contributed by atoms with van der Waals surface area (Å²) >= 11 is 6.13. The van der Waals surface area contributed by atoms with E-state index in [-0.39, 0.29) is 5.82 Å². The summed E-state index contributed by atoms with van der Waals surface area (Å²) in [6.45, 7) is 1.98. The molecule has 1 aromatic heterocycles. The van der Waals surface area contributed by atoms with Gasteiger partial charge < -0.3 is 4.42 Å². The lowest BCUT2D eigenvalue weighted by atomic mass is 10.1. The maximum absolute atomic E-state index is 12.9. The second-order valence-corrected chi connectivity index (χ2v) is 4.69. The number of furan rings is 1. The summed E-state index contributed by atoms with van der Waals surface area (Å²) in [6.07, 6.45) is 0. The summed E-state index contributed by atoms with van der Waals surface area (Å²) in [5, 5.41) is 1.55. The highest BCUT2D eigenvalue weighted by Crippen LogP contribution is 2.33. The lowest BCUT2D eigenvalue weighted by molar-refractivity contribution is 0.623. The summed E-state index contributed by atoms with van der Waals surface area (Å²) in [7, 11) is 0. The maximum Gasteiger partial charge on any atom is 0.153 e. The molecule has 1 heterocycles. The van der Waals surface area contributed by atoms with Crippen molar-refractivity contribution in [3.63, 3.8) is 0 Å². The summed E-state index contributed by atoms with van der Waals surface area (Å²) in [5.74, 6) is 0.432. The van der Waals surface area contributed by atoms with Gasteiger partial charge in [-0.05, 0) is 55.0 Å². The molecule has 0 bridgehead atoms. The number of benzene rings is 2. The molecule has 0 amide bonds. The average Bonchev–Trinajstić information content (AvgIpc) is 2.74. The monoisotopic (exact) mass is 260 g/mol. The molecule has 3 aromatic rings. The Bertz CT molecular complexity index is 713. The molecule has 0 aliphatic rings. The van der Waals surface area contributed by atoms with Gasteiger partial charge >= 0.3 is 0 Å². The smallest absolute Gasteiger partial charge is 0.153 e. The van der Waals surface area contributed by atoms with E-state index < -0.39 is 0 Å². The quantitative estimate of drug-likeness (QED) is 0.586. The SMILES string of the molecule is Cc1cc(Cl)c2oc(-c3ccc(F)cc3)cc2c1. The minimum absolute atomic E-state index is 0.260. The molecule has 0 fully saturated rings. The molecular weight excluding hydrogens is 251 g/mol. The van der Waals surface area contributed by atoms with Gasteiger partial charge in [-0.3, -0.25) is 0 Å². The number of halogens is 2. The van der Waals surface area contributed by atoms with E-state index in [1.54, 1.807) is 12.1 Å². The predicted octanol–water partition coefficient (Wildman–Crippen LogP) is 5.20. The molecule has 0 aliphatic carbocycles. The van der Waals surface area contributed by atoms with Gasteiger partial charge in [0.05, 0.1) is 5.02 Å². The van der Waals surface area contributed by atoms with Crippen LogP contribution in [0.5, 0.6) is 0 Å². The number of rotatable bonds is 1. The number of hydrogen-bond acceptors (Lipinski definition) is 1. The molecule has 18 heavy (non-hydrogen) atoms. The first-order valence-corrected chi connectivity index (χ1v) is 5.97. The fourth-order valence-corrected chi connectivity index (χ4v) is 2.33. The van der Waals surface area contributed by atoms with Crippen LogP contribution in [0.25, 0.3) is 22.3 Å². The first-order chi connectivity index (χ1) is 8.63. The molecule has 0 radical (unpaired) electrons. The van der Waals surface area contributed by atoms with Crippen molar-refractivity contribution in [2.75, 3.05) is 0 Å². The average molecular weight is 261 g/mol. The van der Waals surface area contributed by atoms with E-state index in [4.69, 9.17) is 16.0 Å². The Morgan fingerprint density at radius 1 is 1.06 bits per heavy atom. The molecule has 1 nitrogen and oxygen atoms in total. The molecule has 3 rings (SSSR count). The van der Waals surface area contributed by atoms with Crippen LogP contribution in [0.3, 0.4) is 0 Å². The third-order valence-corrected chi connectivity index (χ3v) is 3.12. The third kappa shape index (κ3) is 1.89. The van der Waals surface area contributed by atoms with E-state index in [0.29, 0.717) is 16.4 Å². The normalized spacial score (nSPS) is 11.1. The minimum atomic E-state index is -0.260. The van der Waals surface area contributed by atoms with Gasteiger partial charge in [0, 0.05) is 10.9 Å². The molecule has 0 atom stereocenters. The van der Waals surface area contributed by atoms with Gasteiger partial charge in [0.1, 0.15) is 11.6 Å². The van der Waals surface area contributed by atoms with Crippen LogP contribution in [0.2, 0.25) is 5.02 Å². The summed E-state index contributed by atoms with van der Waals surface area (Å²) in [4.78, 5) is 0. The Hall–Kier alpha value is -1.80. The van der Waals surface area contributed by atoms with Gasteiger partial charge in [-0.15, -0.1) is 0 Å². The Morgan fingerprint density at radius 2 is 1.78 bits per heavy atom. The van der Waals surface area contributed by atoms with Crippen LogP contribution in [-0.2, 0) is 0 Å². The van der Waals surface area contributed by atoms with E-state index in [2.05, 4.69) is 0 Å². The molecule has 0 N–H and O–H groups in total. The molecule has 3 heteroatoms. The van der Waals surface area contributed by atoms with E-state index in [9.17, 15) is 4.39 Å². The highest BCUT2D eigenvalue weighted by Gasteiger charge is 2.09. The zero-order valence-corrected chi connectivity index (χ0v) is 10.5. The van der Waals surface area contributed by atoms with Crippen LogP contribution >= 0.6 is 11.6 Å². The number of aryl methyl sites for hydroxylation is 1. The van der Waals surface area contributed by atoms with Crippen molar-refractivity contribution in [1.82, 2.24) is 0 Å². The molecular formula is C15H10ClFO. The van der Waals surface area contributed by atoms with Crippen molar-refractivity contribution >= 4 is 22.6 Å². The van der Waals surface area contributed by atoms with Crippen LogP contribution in [0.1, 0.15) is 5.56 Å². The zero-order chi connectivity index (χ0) is 12.7. The molecule has 2 aromatic carbocycles. The first kappa shape index (κ1) is 11.3. The van der Waals surface area contributed by atoms with Crippen LogP contribution in [0.15, 0.2) is 46.9 Å². The van der Waals surface area contributed by atoms with Gasteiger partial charge in [-0.25, -0.2) is 4.39 Å². The maximum atomic E-state index is 12.9. The second-order valence-electron chi connectivity index (χ2n) is 4.28. The van der Waals surface area contributed by atoms with Crippen molar-refractivity contribution in [2.24, 2.45) is 0 Å². The van der Waals surface area contributed by atoms with E-state index in [1.165, 1.54) is 12.1 Å². The van der Waals surface area contributed by atoms with E-state index in [1.807, 2.05) is 25.1 Å². The first-order valence-electron chi connectivity index (χ1n) is 5.59. The Balaban J connectivity index is 2.19. The van der Waals surface area contributed by atoms with Gasteiger partial charge in [-0.1, -0.05) is 11.6 Å². The molecule has 0 saturated carbocycles. The Kier molecular flexibility index (Phi) is 2.60. The van der Waals surface area contributed by atoms with Gasteiger partial charge in [0.2, 0.25) is 0 Å². The van der Waals surface area contributed by atoms with Crippen LogP contribution in [0.4, 0.5) is 4.39 Å². The van der Waals surface area contributed by atoms with Crippen molar-refractivity contribution in [2.45, 2.75) is 6.92 Å². The summed E-state index contributed by atoms with van der Waals surface area (Å²) in [6, 6.07) is 12.0. The van der Waals surface area contributed by atoms with Crippen molar-refractivity contribution in [3.8, 4) is 11.3 Å². The minimum Gasteiger partial charge on any atom is -0.455 e. The highest BCUT2D eigenvalue weighted by molar-refractivity contribution is 6.35. The molecule has 0 saturated heterocycles. The van der Waals surface area contributed by atoms with Crippen LogP contribution < -0.4 is 0 Å². The van der Waals surface area contributed by atoms with Crippen LogP contribution in [-0.4, -0.2) is 0 Å². The van der Waals surface area contributed by atoms with Crippen molar-refractivity contribution in [1.29, 1.82) is 0 Å². The Morgan fingerprint density at radius 3 is 2.50 bits per heavy atom. The third-order valence-electron chi connectivity index (χ3n) is 2.84. The van der Waals surface area contributed by atoms with Gasteiger partial charge in [-0.2, -0.15) is 0 Å². The number of hydrogen-bond donors (Lipinski definition) is 0. The van der Waals surface area contributed by atoms with Gasteiger partial charge in [0.15, 0.2) is 5.58 Å². The Labute approximate surface area is 109 Å². The lowest BCUT2D eigenvalue weighted by Crippen LogP contribution is -1.74. The molecule has 0 aliphatic heterocycles. The van der Waals surface area contributed by atoms with Crippen molar-refractivity contribution < 1.29 is 8.81 Å². The second kappa shape index (κ2) is 4.14. The topological polar surface area (TPSA) is 13.1 Å². The summed E-state index contributed by atoms with van der Waals surface area (Å²) < 4.78 is 18.6. The predicted molar refractivity (Wildman–Crippen MR) is 71.4 cm³/mol. The molecule has 90 valence electrons. The van der Waals surface area contributed by atoms with Crippen LogP contribution in [0, 0.1) is 12.7 Å². The molecule has 0 spiro atoms. The highest BCUT2D eigenvalue weighted by atomic mass is 35.5. The van der Waals surface area contributed by atoms with E-state index >= 15 is 0 Å². The van der Waals surface area contributed by atoms with E-state index in [0.717, 1.165) is 16.5 Å². The van der Waals surface area contributed by atoms with Crippen molar-refractivity contribution in [3.05, 3.63) is 58.9 Å². The fraction of sp³-hybridized carbons (Fsp3) is 0.0667. The fourth-order valence-electron chi connectivity index (χ4n) is 2.01. The summed E-state index contributed by atoms with van der Waals surface area (Å²) in [5.41, 5.74) is 2.59. The molecule has 0 unspecified atom stereocenters. The number of fused-ring (bicyclic) bond motifs is 1. The standard InChI is InChI=1S/C15H10ClFO/c1-9-6-11-8-14(18-15(11)13(16)7-9)10-2-4-12(17)5-3-10/h2-8H,1H3. The largest absolute Gasteiger partial charge is 0.455 e. The zero-order valence-electron chi connectivity index (χ0n) is 9.71.